The van der Waals surface area contributed by atoms with Gasteiger partial charge in [-0.1, -0.05) is 212 Å². The van der Waals surface area contributed by atoms with E-state index in [0.717, 1.165) is 12.8 Å². The van der Waals surface area contributed by atoms with E-state index in [9.17, 15) is 4.79 Å². The van der Waals surface area contributed by atoms with Crippen LogP contribution in [-0.2, 0) is 9.95 Å². The van der Waals surface area contributed by atoms with Crippen molar-refractivity contribution in [2.45, 2.75) is 115 Å². The number of rotatable bonds is 20. The fourth-order valence-electron chi connectivity index (χ4n) is 6.22. The average Bonchev–Trinajstić information content (AvgIpc) is 3.11. The molecule has 0 aliphatic heterocycles. The van der Waals surface area contributed by atoms with Gasteiger partial charge in [0.2, 0.25) is 0 Å². The molecular weight excluding hydrogens is 579 g/mol. The molecule has 1 N–H and O–H groups in total. The molecule has 0 aliphatic carbocycles. The van der Waals surface area contributed by atoms with Crippen LogP contribution in [0.2, 0.25) is 0 Å². The first-order valence-electron chi connectivity index (χ1n) is 17.8. The number of hydrogen-bond donors (Lipinski definition) is 1. The Morgan fingerprint density at radius 3 is 1.33 bits per heavy atom. The van der Waals surface area contributed by atoms with Crippen LogP contribution < -0.4 is 0 Å². The standard InChI is InChI=1S/C25H21P.C18H36O2/c26-25(21-14-6-2-7-15-21,22-16-8-3-9-17-22)24-19-11-10-18-23(24)20-12-4-1-5-13-20;1-2-3-4-5-6-7-8-9-10-11-12-13-14-15-16-17-18(19)20/h1-19H,26H2;2-17H2,1H3,(H,19,20). The highest BCUT2D eigenvalue weighted by molar-refractivity contribution is 7.19. The minimum Gasteiger partial charge on any atom is -0.481 e. The second-order valence-electron chi connectivity index (χ2n) is 12.5. The van der Waals surface area contributed by atoms with Gasteiger partial charge in [0.25, 0.3) is 0 Å². The van der Waals surface area contributed by atoms with Crippen LogP contribution in [0.15, 0.2) is 115 Å². The first-order chi connectivity index (χ1) is 22.6. The van der Waals surface area contributed by atoms with E-state index in [0.29, 0.717) is 6.42 Å². The van der Waals surface area contributed by atoms with E-state index in [1.165, 1.54) is 111 Å². The summed E-state index contributed by atoms with van der Waals surface area (Å²) in [6, 6.07) is 40.8. The Hall–Kier alpha value is -3.22. The lowest BCUT2D eigenvalue weighted by Crippen LogP contribution is -2.22. The SMILES string of the molecule is CCCCCCCCCCCCCCCCCC(=O)O.PC(c1ccccc1)(c1ccccc1)c1ccccc1-c1ccccc1. The molecule has 3 heteroatoms. The van der Waals surface area contributed by atoms with Crippen LogP contribution in [0.4, 0.5) is 0 Å². The van der Waals surface area contributed by atoms with E-state index >= 15 is 0 Å². The van der Waals surface area contributed by atoms with Gasteiger partial charge >= 0.3 is 5.97 Å². The lowest BCUT2D eigenvalue weighted by atomic mass is 9.80. The van der Waals surface area contributed by atoms with Crippen LogP contribution in [0.3, 0.4) is 0 Å². The van der Waals surface area contributed by atoms with E-state index in [-0.39, 0.29) is 5.16 Å². The molecule has 4 rings (SSSR count). The normalized spacial score (nSPS) is 11.1. The largest absolute Gasteiger partial charge is 0.481 e. The molecule has 0 bridgehead atoms. The van der Waals surface area contributed by atoms with Gasteiger partial charge in [-0.2, -0.15) is 0 Å². The predicted octanol–water partition coefficient (Wildman–Crippen LogP) is 12.9. The zero-order chi connectivity index (χ0) is 32.7. The molecule has 0 amide bonds. The Morgan fingerprint density at radius 2 is 0.891 bits per heavy atom. The van der Waals surface area contributed by atoms with Gasteiger partial charge in [0.15, 0.2) is 0 Å². The number of benzene rings is 4. The van der Waals surface area contributed by atoms with Crippen molar-refractivity contribution in [2.24, 2.45) is 0 Å². The quantitative estimate of drug-likeness (QED) is 0.0595. The van der Waals surface area contributed by atoms with Crippen molar-refractivity contribution in [1.29, 1.82) is 0 Å². The van der Waals surface area contributed by atoms with Crippen LogP contribution in [0.25, 0.3) is 11.1 Å². The van der Waals surface area contributed by atoms with Crippen LogP contribution in [0.1, 0.15) is 126 Å². The van der Waals surface area contributed by atoms with E-state index in [2.05, 4.69) is 131 Å². The summed E-state index contributed by atoms with van der Waals surface area (Å²) in [6.07, 6.45) is 20.2. The fraction of sp³-hybridized carbons (Fsp3) is 0.419. The molecular formula is C43H57O2P. The first-order valence-corrected chi connectivity index (χ1v) is 18.4. The summed E-state index contributed by atoms with van der Waals surface area (Å²) in [6.45, 7) is 2.27. The minimum atomic E-state index is -0.653. The van der Waals surface area contributed by atoms with Crippen molar-refractivity contribution >= 4 is 15.2 Å². The molecule has 0 spiro atoms. The van der Waals surface area contributed by atoms with E-state index < -0.39 is 5.97 Å². The summed E-state index contributed by atoms with van der Waals surface area (Å²) in [7, 11) is 3.14. The Kier molecular flexibility index (Phi) is 18.1. The predicted molar refractivity (Wildman–Crippen MR) is 202 cm³/mol. The van der Waals surface area contributed by atoms with E-state index in [1.807, 2.05) is 0 Å². The summed E-state index contributed by atoms with van der Waals surface area (Å²) in [5.74, 6) is -0.653. The molecule has 246 valence electrons. The Morgan fingerprint density at radius 1 is 0.522 bits per heavy atom. The Labute approximate surface area is 282 Å². The molecule has 0 fully saturated rings. The summed E-state index contributed by atoms with van der Waals surface area (Å²) in [5.41, 5.74) is 6.31. The molecule has 46 heavy (non-hydrogen) atoms. The second kappa shape index (κ2) is 22.3. The number of carboxylic acid groups (broad SMARTS) is 1. The van der Waals surface area contributed by atoms with Gasteiger partial charge in [-0.05, 0) is 34.2 Å². The molecule has 0 radical (unpaired) electrons. The van der Waals surface area contributed by atoms with Gasteiger partial charge in [0.1, 0.15) is 0 Å². The van der Waals surface area contributed by atoms with Crippen LogP contribution >= 0.6 is 9.24 Å². The maximum Gasteiger partial charge on any atom is 0.303 e. The number of aliphatic carboxylic acids is 1. The molecule has 1 atom stereocenters. The zero-order valence-corrected chi connectivity index (χ0v) is 29.4. The van der Waals surface area contributed by atoms with Gasteiger partial charge < -0.3 is 5.11 Å². The van der Waals surface area contributed by atoms with Crippen molar-refractivity contribution in [2.75, 3.05) is 0 Å². The lowest BCUT2D eigenvalue weighted by Gasteiger charge is -2.33. The Balaban J connectivity index is 0.000000262. The lowest BCUT2D eigenvalue weighted by molar-refractivity contribution is -0.137. The monoisotopic (exact) mass is 636 g/mol. The van der Waals surface area contributed by atoms with Gasteiger partial charge in [-0.3, -0.25) is 4.79 Å². The average molecular weight is 637 g/mol. The highest BCUT2D eigenvalue weighted by atomic mass is 31.0. The molecule has 2 nitrogen and oxygen atoms in total. The second-order valence-corrected chi connectivity index (χ2v) is 13.4. The third-order valence-corrected chi connectivity index (χ3v) is 9.87. The van der Waals surface area contributed by atoms with Crippen molar-refractivity contribution in [1.82, 2.24) is 0 Å². The van der Waals surface area contributed by atoms with Gasteiger partial charge in [-0.15, -0.1) is 9.24 Å². The summed E-state index contributed by atoms with van der Waals surface area (Å²) < 4.78 is 0. The molecule has 4 aromatic carbocycles. The van der Waals surface area contributed by atoms with E-state index in [4.69, 9.17) is 5.11 Å². The molecule has 0 heterocycles. The topological polar surface area (TPSA) is 37.3 Å². The molecule has 0 aliphatic rings. The van der Waals surface area contributed by atoms with Gasteiger partial charge in [0, 0.05) is 6.42 Å². The third-order valence-electron chi connectivity index (χ3n) is 8.89. The number of unbranched alkanes of at least 4 members (excludes halogenated alkanes) is 14. The van der Waals surface area contributed by atoms with Crippen molar-refractivity contribution in [3.63, 3.8) is 0 Å². The van der Waals surface area contributed by atoms with Crippen LogP contribution in [-0.4, -0.2) is 11.1 Å². The molecule has 0 aromatic heterocycles. The van der Waals surface area contributed by atoms with Gasteiger partial charge in [-0.25, -0.2) is 0 Å². The number of hydrogen-bond acceptors (Lipinski definition) is 1. The maximum absolute atomic E-state index is 10.3. The maximum atomic E-state index is 10.3. The van der Waals surface area contributed by atoms with Crippen molar-refractivity contribution in [3.05, 3.63) is 132 Å². The van der Waals surface area contributed by atoms with Gasteiger partial charge in [0.05, 0.1) is 5.16 Å². The minimum absolute atomic E-state index is 0.311. The zero-order valence-electron chi connectivity index (χ0n) is 28.2. The van der Waals surface area contributed by atoms with Crippen molar-refractivity contribution < 1.29 is 9.90 Å². The molecule has 4 aromatic rings. The number of carbonyl (C=O) groups is 1. The first kappa shape index (κ1) is 37.2. The molecule has 1 unspecified atom stereocenters. The number of carboxylic acids is 1. The summed E-state index contributed by atoms with van der Waals surface area (Å²) >= 11 is 0. The van der Waals surface area contributed by atoms with E-state index in [1.54, 1.807) is 0 Å². The molecule has 0 saturated heterocycles. The van der Waals surface area contributed by atoms with Crippen molar-refractivity contribution in [3.8, 4) is 11.1 Å². The molecule has 0 saturated carbocycles. The van der Waals surface area contributed by atoms with Crippen LogP contribution in [0, 0.1) is 0 Å². The summed E-state index contributed by atoms with van der Waals surface area (Å²) in [5, 5.41) is 8.21. The highest BCUT2D eigenvalue weighted by Gasteiger charge is 2.33. The highest BCUT2D eigenvalue weighted by Crippen LogP contribution is 2.48. The smallest absolute Gasteiger partial charge is 0.303 e. The summed E-state index contributed by atoms with van der Waals surface area (Å²) in [4.78, 5) is 10.3. The third kappa shape index (κ3) is 12.9. The fourth-order valence-corrected chi connectivity index (χ4v) is 6.86. The Bertz CT molecular complexity index is 1300. The van der Waals surface area contributed by atoms with Crippen LogP contribution in [0.5, 0.6) is 0 Å².